The Morgan fingerprint density at radius 1 is 1.22 bits per heavy atom. The van der Waals surface area contributed by atoms with Crippen molar-refractivity contribution in [2.24, 2.45) is 0 Å². The predicted molar refractivity (Wildman–Crippen MR) is 75.5 cm³/mol. The lowest BCUT2D eigenvalue weighted by atomic mass is 10.2. The van der Waals surface area contributed by atoms with Crippen molar-refractivity contribution in [3.63, 3.8) is 0 Å². The molecule has 0 amide bonds. The maximum absolute atomic E-state index is 12.0. The summed E-state index contributed by atoms with van der Waals surface area (Å²) in [6, 6.07) is 4.96. The normalized spacial score (nSPS) is 11.7. The molecular formula is C13H20ClNO2S. The van der Waals surface area contributed by atoms with Crippen molar-refractivity contribution in [3.8, 4) is 0 Å². The number of rotatable bonds is 7. The molecule has 0 aliphatic heterocycles. The molecule has 1 aromatic carbocycles. The van der Waals surface area contributed by atoms with Crippen LogP contribution in [0.15, 0.2) is 23.1 Å². The molecule has 0 unspecified atom stereocenters. The van der Waals surface area contributed by atoms with E-state index in [2.05, 4.69) is 11.6 Å². The Labute approximate surface area is 115 Å². The van der Waals surface area contributed by atoms with Crippen LogP contribution in [-0.4, -0.2) is 15.0 Å². The number of sulfonamides is 1. The third kappa shape index (κ3) is 4.59. The van der Waals surface area contributed by atoms with E-state index in [0.717, 1.165) is 31.2 Å². The number of hydrogen-bond acceptors (Lipinski definition) is 2. The molecule has 0 aliphatic carbocycles. The van der Waals surface area contributed by atoms with Gasteiger partial charge in [0, 0.05) is 6.54 Å². The monoisotopic (exact) mass is 289 g/mol. The summed E-state index contributed by atoms with van der Waals surface area (Å²) in [6.45, 7) is 4.46. The second-order valence-corrected chi connectivity index (χ2v) is 6.53. The van der Waals surface area contributed by atoms with Gasteiger partial charge in [-0.2, -0.15) is 0 Å². The molecule has 0 aromatic heterocycles. The summed E-state index contributed by atoms with van der Waals surface area (Å²) < 4.78 is 26.6. The molecule has 0 aliphatic rings. The molecule has 3 nitrogen and oxygen atoms in total. The number of benzene rings is 1. The van der Waals surface area contributed by atoms with Gasteiger partial charge in [-0.15, -0.1) is 0 Å². The Balaban J connectivity index is 2.63. The molecule has 1 aromatic rings. The summed E-state index contributed by atoms with van der Waals surface area (Å²) in [5.41, 5.74) is 0.946. The van der Waals surface area contributed by atoms with E-state index in [1.807, 2.05) is 6.92 Å². The first-order valence-electron chi connectivity index (χ1n) is 6.23. The minimum atomic E-state index is -3.48. The van der Waals surface area contributed by atoms with Gasteiger partial charge in [-0.05, 0) is 31.0 Å². The number of nitrogens with one attached hydrogen (secondary N) is 1. The van der Waals surface area contributed by atoms with Gasteiger partial charge in [0.15, 0.2) is 0 Å². The first-order chi connectivity index (χ1) is 8.47. The summed E-state index contributed by atoms with van der Waals surface area (Å²) >= 11 is 5.96. The lowest BCUT2D eigenvalue weighted by Gasteiger charge is -2.08. The lowest BCUT2D eigenvalue weighted by Crippen LogP contribution is -2.25. The Hall–Kier alpha value is -0.580. The van der Waals surface area contributed by atoms with Crippen molar-refractivity contribution < 1.29 is 8.42 Å². The van der Waals surface area contributed by atoms with Crippen molar-refractivity contribution in [2.75, 3.05) is 6.54 Å². The van der Waals surface area contributed by atoms with Crippen LogP contribution in [0.4, 0.5) is 0 Å². The predicted octanol–water partition coefficient (Wildman–Crippen LogP) is 3.51. The fourth-order valence-corrected chi connectivity index (χ4v) is 3.33. The van der Waals surface area contributed by atoms with Crippen molar-refractivity contribution in [3.05, 3.63) is 28.8 Å². The Kier molecular flexibility index (Phi) is 6.12. The zero-order chi connectivity index (χ0) is 13.6. The minimum Gasteiger partial charge on any atom is -0.211 e. The molecule has 0 saturated carbocycles. The highest BCUT2D eigenvalue weighted by atomic mass is 35.5. The van der Waals surface area contributed by atoms with Gasteiger partial charge in [0.25, 0.3) is 0 Å². The third-order valence-corrected chi connectivity index (χ3v) is 4.64. The van der Waals surface area contributed by atoms with Crippen LogP contribution in [0.2, 0.25) is 5.02 Å². The number of aryl methyl sites for hydroxylation is 1. The Bertz CT molecular complexity index is 486. The summed E-state index contributed by atoms with van der Waals surface area (Å²) in [7, 11) is -3.48. The Morgan fingerprint density at radius 3 is 2.56 bits per heavy atom. The molecule has 102 valence electrons. The summed E-state index contributed by atoms with van der Waals surface area (Å²) in [4.78, 5) is 0.158. The maximum Gasteiger partial charge on any atom is 0.242 e. The van der Waals surface area contributed by atoms with Crippen molar-refractivity contribution in [1.29, 1.82) is 0 Å². The van der Waals surface area contributed by atoms with E-state index in [1.165, 1.54) is 0 Å². The van der Waals surface area contributed by atoms with Crippen LogP contribution < -0.4 is 4.72 Å². The van der Waals surface area contributed by atoms with E-state index < -0.39 is 10.0 Å². The fraction of sp³-hybridized carbons (Fsp3) is 0.538. The molecule has 0 heterocycles. The third-order valence-electron chi connectivity index (χ3n) is 2.70. The topological polar surface area (TPSA) is 46.2 Å². The standard InChI is InChI=1S/C13H20ClNO2S/c1-3-4-5-6-9-15-18(16,17)13-8-7-11(2)10-12(13)14/h7-8,10,15H,3-6,9H2,1-2H3. The molecule has 0 atom stereocenters. The van der Waals surface area contributed by atoms with E-state index in [9.17, 15) is 8.42 Å². The van der Waals surface area contributed by atoms with Gasteiger partial charge in [-0.25, -0.2) is 13.1 Å². The number of unbranched alkanes of at least 4 members (excludes halogenated alkanes) is 3. The smallest absolute Gasteiger partial charge is 0.211 e. The van der Waals surface area contributed by atoms with Crippen LogP contribution in [0.25, 0.3) is 0 Å². The van der Waals surface area contributed by atoms with Crippen LogP contribution >= 0.6 is 11.6 Å². The minimum absolute atomic E-state index is 0.158. The van der Waals surface area contributed by atoms with E-state index in [1.54, 1.807) is 18.2 Å². The van der Waals surface area contributed by atoms with Crippen molar-refractivity contribution in [1.82, 2.24) is 4.72 Å². The Morgan fingerprint density at radius 2 is 1.94 bits per heavy atom. The molecule has 1 N–H and O–H groups in total. The second kappa shape index (κ2) is 7.12. The highest BCUT2D eigenvalue weighted by Crippen LogP contribution is 2.22. The lowest BCUT2D eigenvalue weighted by molar-refractivity contribution is 0.573. The SMILES string of the molecule is CCCCCCNS(=O)(=O)c1ccc(C)cc1Cl. The molecule has 18 heavy (non-hydrogen) atoms. The number of hydrogen-bond donors (Lipinski definition) is 1. The molecule has 0 radical (unpaired) electrons. The van der Waals surface area contributed by atoms with E-state index in [0.29, 0.717) is 6.54 Å². The molecule has 0 saturated heterocycles. The molecule has 1 rings (SSSR count). The average Bonchev–Trinajstić information content (AvgIpc) is 2.28. The summed E-state index contributed by atoms with van der Waals surface area (Å²) in [6.07, 6.45) is 4.17. The van der Waals surface area contributed by atoms with E-state index >= 15 is 0 Å². The molecule has 0 spiro atoms. The van der Waals surface area contributed by atoms with Crippen LogP contribution in [0.3, 0.4) is 0 Å². The largest absolute Gasteiger partial charge is 0.242 e. The summed E-state index contributed by atoms with van der Waals surface area (Å²) in [5, 5.41) is 0.274. The first-order valence-corrected chi connectivity index (χ1v) is 8.09. The summed E-state index contributed by atoms with van der Waals surface area (Å²) in [5.74, 6) is 0. The molecule has 0 bridgehead atoms. The fourth-order valence-electron chi connectivity index (χ4n) is 1.66. The highest BCUT2D eigenvalue weighted by Gasteiger charge is 2.16. The van der Waals surface area contributed by atoms with Gasteiger partial charge in [-0.1, -0.05) is 43.9 Å². The van der Waals surface area contributed by atoms with Gasteiger partial charge in [-0.3, -0.25) is 0 Å². The van der Waals surface area contributed by atoms with Gasteiger partial charge >= 0.3 is 0 Å². The van der Waals surface area contributed by atoms with Gasteiger partial charge in [0.1, 0.15) is 4.90 Å². The average molecular weight is 290 g/mol. The van der Waals surface area contributed by atoms with Crippen LogP contribution in [0.5, 0.6) is 0 Å². The maximum atomic E-state index is 12.0. The van der Waals surface area contributed by atoms with Gasteiger partial charge in [0.2, 0.25) is 10.0 Å². The van der Waals surface area contributed by atoms with Crippen molar-refractivity contribution >= 4 is 21.6 Å². The quantitative estimate of drug-likeness (QED) is 0.781. The molecular weight excluding hydrogens is 270 g/mol. The number of halogens is 1. The zero-order valence-electron chi connectivity index (χ0n) is 10.9. The van der Waals surface area contributed by atoms with Gasteiger partial charge in [0.05, 0.1) is 5.02 Å². The van der Waals surface area contributed by atoms with E-state index in [4.69, 9.17) is 11.6 Å². The van der Waals surface area contributed by atoms with E-state index in [-0.39, 0.29) is 9.92 Å². The van der Waals surface area contributed by atoms with Gasteiger partial charge < -0.3 is 0 Å². The highest BCUT2D eigenvalue weighted by molar-refractivity contribution is 7.89. The first kappa shape index (κ1) is 15.5. The zero-order valence-corrected chi connectivity index (χ0v) is 12.4. The molecule has 0 fully saturated rings. The second-order valence-electron chi connectivity index (χ2n) is 4.39. The van der Waals surface area contributed by atoms with Crippen LogP contribution in [0.1, 0.15) is 38.2 Å². The molecule has 5 heteroatoms. The van der Waals surface area contributed by atoms with Crippen LogP contribution in [-0.2, 0) is 10.0 Å². The van der Waals surface area contributed by atoms with Crippen LogP contribution in [0, 0.1) is 6.92 Å². The van der Waals surface area contributed by atoms with Crippen molar-refractivity contribution in [2.45, 2.75) is 44.4 Å².